The van der Waals surface area contributed by atoms with Crippen LogP contribution >= 0.6 is 11.3 Å². The first-order valence-electron chi connectivity index (χ1n) is 5.70. The third kappa shape index (κ3) is 3.49. The van der Waals surface area contributed by atoms with Gasteiger partial charge in [0.25, 0.3) is 0 Å². The fourth-order valence-electron chi connectivity index (χ4n) is 1.41. The first kappa shape index (κ1) is 12.5. The summed E-state index contributed by atoms with van der Waals surface area (Å²) >= 11 is 1.65. The Kier molecular flexibility index (Phi) is 4.14. The van der Waals surface area contributed by atoms with Gasteiger partial charge in [-0.15, -0.1) is 11.3 Å². The standard InChI is InChI=1S/C12H22N2S/c1-5-6-7-8-9-10(13)15-11(14-9)12(2,3)4/h5-8,13H2,1-4H3. The van der Waals surface area contributed by atoms with Crippen LogP contribution in [0.4, 0.5) is 5.00 Å². The van der Waals surface area contributed by atoms with Crippen LogP contribution in [0, 0.1) is 0 Å². The number of aromatic nitrogens is 1. The number of nitrogen functional groups attached to an aromatic ring is 1. The molecule has 0 saturated heterocycles. The van der Waals surface area contributed by atoms with Gasteiger partial charge in [0, 0.05) is 5.41 Å². The molecule has 1 heterocycles. The summed E-state index contributed by atoms with van der Waals surface area (Å²) in [5, 5.41) is 2.07. The van der Waals surface area contributed by atoms with Gasteiger partial charge in [-0.3, -0.25) is 0 Å². The molecule has 1 aromatic rings. The zero-order chi connectivity index (χ0) is 11.5. The Morgan fingerprint density at radius 2 is 1.93 bits per heavy atom. The number of aryl methyl sites for hydroxylation is 1. The molecule has 0 amide bonds. The second-order valence-corrected chi connectivity index (χ2v) is 6.07. The third-order valence-electron chi connectivity index (χ3n) is 2.39. The maximum atomic E-state index is 5.98. The summed E-state index contributed by atoms with van der Waals surface area (Å²) in [4.78, 5) is 4.65. The summed E-state index contributed by atoms with van der Waals surface area (Å²) in [6, 6.07) is 0. The zero-order valence-electron chi connectivity index (χ0n) is 10.3. The minimum atomic E-state index is 0.127. The van der Waals surface area contributed by atoms with Crippen molar-refractivity contribution in [1.82, 2.24) is 4.98 Å². The van der Waals surface area contributed by atoms with E-state index < -0.39 is 0 Å². The molecule has 0 aliphatic rings. The number of rotatable bonds is 4. The summed E-state index contributed by atoms with van der Waals surface area (Å²) in [5.41, 5.74) is 7.21. The predicted octanol–water partition coefficient (Wildman–Crippen LogP) is 3.76. The van der Waals surface area contributed by atoms with Crippen LogP contribution in [0.25, 0.3) is 0 Å². The molecule has 0 fully saturated rings. The highest BCUT2D eigenvalue weighted by Crippen LogP contribution is 2.31. The maximum absolute atomic E-state index is 5.98. The molecule has 3 heteroatoms. The van der Waals surface area contributed by atoms with E-state index >= 15 is 0 Å². The number of hydrogen-bond acceptors (Lipinski definition) is 3. The predicted molar refractivity (Wildman–Crippen MR) is 68.5 cm³/mol. The first-order valence-corrected chi connectivity index (χ1v) is 6.52. The Hall–Kier alpha value is -0.570. The molecule has 1 rings (SSSR count). The Balaban J connectivity index is 2.69. The number of thiazole rings is 1. The summed E-state index contributed by atoms with van der Waals surface area (Å²) in [6.45, 7) is 8.76. The quantitative estimate of drug-likeness (QED) is 0.794. The summed E-state index contributed by atoms with van der Waals surface area (Å²) in [7, 11) is 0. The van der Waals surface area contributed by atoms with Gasteiger partial charge in [0.2, 0.25) is 0 Å². The van der Waals surface area contributed by atoms with Gasteiger partial charge >= 0.3 is 0 Å². The minimum Gasteiger partial charge on any atom is -0.389 e. The van der Waals surface area contributed by atoms with Gasteiger partial charge in [-0.1, -0.05) is 40.5 Å². The lowest BCUT2D eigenvalue weighted by molar-refractivity contribution is 0.581. The van der Waals surface area contributed by atoms with Crippen LogP contribution < -0.4 is 5.73 Å². The lowest BCUT2D eigenvalue weighted by Crippen LogP contribution is -2.10. The molecule has 0 unspecified atom stereocenters. The normalized spacial score (nSPS) is 12.0. The molecule has 0 aliphatic heterocycles. The summed E-state index contributed by atoms with van der Waals surface area (Å²) in [6.07, 6.45) is 4.75. The number of unbranched alkanes of at least 4 members (excludes halogenated alkanes) is 2. The first-order chi connectivity index (χ1) is 6.95. The van der Waals surface area contributed by atoms with Crippen LogP contribution in [0.3, 0.4) is 0 Å². The van der Waals surface area contributed by atoms with Crippen molar-refractivity contribution >= 4 is 16.3 Å². The Morgan fingerprint density at radius 3 is 2.40 bits per heavy atom. The monoisotopic (exact) mass is 226 g/mol. The van der Waals surface area contributed by atoms with Gasteiger partial charge < -0.3 is 5.73 Å². The fourth-order valence-corrected chi connectivity index (χ4v) is 2.34. The van der Waals surface area contributed by atoms with E-state index in [1.165, 1.54) is 19.3 Å². The second kappa shape index (κ2) is 4.97. The summed E-state index contributed by atoms with van der Waals surface area (Å²) < 4.78 is 0. The molecule has 0 aliphatic carbocycles. The molecule has 2 nitrogen and oxygen atoms in total. The Bertz CT molecular complexity index is 310. The molecular formula is C12H22N2S. The van der Waals surface area contributed by atoms with Crippen LogP contribution in [0.1, 0.15) is 57.7 Å². The highest BCUT2D eigenvalue weighted by molar-refractivity contribution is 7.15. The molecule has 15 heavy (non-hydrogen) atoms. The maximum Gasteiger partial charge on any atom is 0.109 e. The van der Waals surface area contributed by atoms with Crippen molar-refractivity contribution in [3.8, 4) is 0 Å². The molecule has 0 bridgehead atoms. The van der Waals surface area contributed by atoms with E-state index in [4.69, 9.17) is 5.73 Å². The molecule has 86 valence electrons. The van der Waals surface area contributed by atoms with Crippen molar-refractivity contribution in [2.75, 3.05) is 5.73 Å². The number of hydrogen-bond donors (Lipinski definition) is 1. The minimum absolute atomic E-state index is 0.127. The van der Waals surface area contributed by atoms with Crippen molar-refractivity contribution < 1.29 is 0 Å². The lowest BCUT2D eigenvalue weighted by Gasteiger charge is -2.13. The van der Waals surface area contributed by atoms with Gasteiger partial charge in [-0.05, 0) is 12.8 Å². The average Bonchev–Trinajstić information content (AvgIpc) is 2.48. The van der Waals surface area contributed by atoms with Gasteiger partial charge in [0.15, 0.2) is 0 Å². The van der Waals surface area contributed by atoms with Crippen molar-refractivity contribution in [3.63, 3.8) is 0 Å². The van der Waals surface area contributed by atoms with Crippen molar-refractivity contribution in [2.45, 2.75) is 58.8 Å². The third-order valence-corrected chi connectivity index (χ3v) is 3.74. The summed E-state index contributed by atoms with van der Waals surface area (Å²) in [5.74, 6) is 0. The molecule has 0 saturated carbocycles. The Labute approximate surface area is 96.9 Å². The lowest BCUT2D eigenvalue weighted by atomic mass is 9.98. The average molecular weight is 226 g/mol. The molecule has 0 atom stereocenters. The Morgan fingerprint density at radius 1 is 1.27 bits per heavy atom. The number of anilines is 1. The van der Waals surface area contributed by atoms with Crippen molar-refractivity contribution in [2.24, 2.45) is 0 Å². The number of nitrogens with two attached hydrogens (primary N) is 1. The van der Waals surface area contributed by atoms with Crippen LogP contribution in [0.5, 0.6) is 0 Å². The fraction of sp³-hybridized carbons (Fsp3) is 0.750. The molecule has 0 aromatic carbocycles. The molecule has 0 radical (unpaired) electrons. The van der Waals surface area contributed by atoms with E-state index in [1.807, 2.05) is 0 Å². The van der Waals surface area contributed by atoms with E-state index in [1.54, 1.807) is 11.3 Å². The van der Waals surface area contributed by atoms with Gasteiger partial charge in [0.05, 0.1) is 5.69 Å². The smallest absolute Gasteiger partial charge is 0.109 e. The van der Waals surface area contributed by atoms with E-state index in [9.17, 15) is 0 Å². The van der Waals surface area contributed by atoms with Crippen LogP contribution in [-0.4, -0.2) is 4.98 Å². The molecule has 1 aromatic heterocycles. The largest absolute Gasteiger partial charge is 0.389 e. The van der Waals surface area contributed by atoms with E-state index in [0.717, 1.165) is 22.1 Å². The molecule has 2 N–H and O–H groups in total. The van der Waals surface area contributed by atoms with E-state index in [-0.39, 0.29) is 5.41 Å². The van der Waals surface area contributed by atoms with Gasteiger partial charge in [0.1, 0.15) is 10.0 Å². The second-order valence-electron chi connectivity index (χ2n) is 5.04. The number of nitrogens with zero attached hydrogens (tertiary/aromatic N) is 1. The van der Waals surface area contributed by atoms with Crippen molar-refractivity contribution in [1.29, 1.82) is 0 Å². The van der Waals surface area contributed by atoms with E-state index in [0.29, 0.717) is 0 Å². The topological polar surface area (TPSA) is 38.9 Å². The van der Waals surface area contributed by atoms with Crippen LogP contribution in [0.15, 0.2) is 0 Å². The molecular weight excluding hydrogens is 204 g/mol. The zero-order valence-corrected chi connectivity index (χ0v) is 11.1. The van der Waals surface area contributed by atoms with Gasteiger partial charge in [-0.25, -0.2) is 4.98 Å². The van der Waals surface area contributed by atoms with Crippen LogP contribution in [-0.2, 0) is 11.8 Å². The van der Waals surface area contributed by atoms with Gasteiger partial charge in [-0.2, -0.15) is 0 Å². The SMILES string of the molecule is CCCCCc1nc(C(C)(C)C)sc1N. The highest BCUT2D eigenvalue weighted by Gasteiger charge is 2.20. The molecule has 0 spiro atoms. The van der Waals surface area contributed by atoms with E-state index in [2.05, 4.69) is 32.7 Å². The van der Waals surface area contributed by atoms with Crippen molar-refractivity contribution in [3.05, 3.63) is 10.7 Å². The van der Waals surface area contributed by atoms with Crippen LogP contribution in [0.2, 0.25) is 0 Å². The highest BCUT2D eigenvalue weighted by atomic mass is 32.1.